The third-order valence-electron chi connectivity index (χ3n) is 3.72. The molecule has 0 saturated carbocycles. The van der Waals surface area contributed by atoms with E-state index in [1.807, 2.05) is 44.2 Å². The van der Waals surface area contributed by atoms with Gasteiger partial charge in [-0.15, -0.1) is 0 Å². The summed E-state index contributed by atoms with van der Waals surface area (Å²) in [5.41, 5.74) is 2.02. The Balaban J connectivity index is 1.71. The second-order valence-corrected chi connectivity index (χ2v) is 7.30. The van der Waals surface area contributed by atoms with Gasteiger partial charge in [-0.2, -0.15) is 0 Å². The molecule has 0 saturated heterocycles. The van der Waals surface area contributed by atoms with Crippen LogP contribution >= 0.6 is 11.8 Å². The molecule has 0 spiro atoms. The molecule has 1 aromatic heterocycles. The minimum atomic E-state index is -0.597. The van der Waals surface area contributed by atoms with E-state index in [1.165, 1.54) is 23.9 Å². The van der Waals surface area contributed by atoms with Gasteiger partial charge in [-0.05, 0) is 23.6 Å². The average molecular weight is 374 g/mol. The second kappa shape index (κ2) is 8.47. The Morgan fingerprint density at radius 3 is 2.38 bits per heavy atom. The predicted molar refractivity (Wildman–Crippen MR) is 98.1 cm³/mol. The largest absolute Gasteiger partial charge is 0.369 e. The van der Waals surface area contributed by atoms with Gasteiger partial charge in [-0.25, -0.2) is 13.8 Å². The lowest BCUT2D eigenvalue weighted by Gasteiger charge is -2.05. The monoisotopic (exact) mass is 374 g/mol. The van der Waals surface area contributed by atoms with Crippen LogP contribution in [-0.4, -0.2) is 9.97 Å². The summed E-state index contributed by atoms with van der Waals surface area (Å²) >= 11 is 1.24. The van der Waals surface area contributed by atoms with Crippen molar-refractivity contribution in [3.8, 4) is 0 Å². The van der Waals surface area contributed by atoms with Gasteiger partial charge in [0.05, 0.1) is 12.3 Å². The van der Waals surface area contributed by atoms with Gasteiger partial charge in [-0.3, -0.25) is 0 Å². The van der Waals surface area contributed by atoms with Gasteiger partial charge in [-0.1, -0.05) is 55.9 Å². The molecule has 0 aliphatic rings. The first-order valence-corrected chi connectivity index (χ1v) is 9.17. The van der Waals surface area contributed by atoms with Crippen molar-refractivity contribution >= 4 is 11.8 Å². The van der Waals surface area contributed by atoms with Crippen LogP contribution in [0, 0.1) is 11.6 Å². The lowest BCUT2D eigenvalue weighted by Crippen LogP contribution is -1.96. The number of hydrogen-bond acceptors (Lipinski definition) is 3. The van der Waals surface area contributed by atoms with Crippen molar-refractivity contribution in [2.24, 2.45) is 0 Å². The number of hydrogen-bond donors (Lipinski definition) is 1. The summed E-state index contributed by atoms with van der Waals surface area (Å²) in [5, 5.41) is 0.711. The molecular formula is C20H20F2N2OS. The number of H-pyrrole nitrogens is 1. The molecule has 3 nitrogen and oxygen atoms in total. The van der Waals surface area contributed by atoms with Crippen LogP contribution in [0.2, 0.25) is 0 Å². The first-order valence-electron chi connectivity index (χ1n) is 8.35. The normalized spacial score (nSPS) is 11.3. The number of nitrogens with zero attached hydrogens (tertiary/aromatic N) is 1. The first-order chi connectivity index (χ1) is 12.5. The summed E-state index contributed by atoms with van der Waals surface area (Å²) in [7, 11) is 0. The number of aromatic nitrogens is 2. The smallest absolute Gasteiger partial charge is 0.133 e. The number of halogens is 2. The van der Waals surface area contributed by atoms with Crippen molar-refractivity contribution in [3.63, 3.8) is 0 Å². The van der Waals surface area contributed by atoms with E-state index in [0.29, 0.717) is 29.0 Å². The van der Waals surface area contributed by atoms with Crippen molar-refractivity contribution in [3.05, 3.63) is 77.2 Å². The number of aromatic amines is 1. The van der Waals surface area contributed by atoms with Crippen LogP contribution in [0.25, 0.3) is 0 Å². The predicted octanol–water partition coefficient (Wildman–Crippen LogP) is 5.68. The van der Waals surface area contributed by atoms with E-state index in [4.69, 9.17) is 4.74 Å². The number of ether oxygens (including phenoxy) is 1. The lowest BCUT2D eigenvalue weighted by atomic mass is 10.2. The zero-order valence-corrected chi connectivity index (χ0v) is 15.4. The van der Waals surface area contributed by atoms with Gasteiger partial charge in [0.25, 0.3) is 0 Å². The summed E-state index contributed by atoms with van der Waals surface area (Å²) < 4.78 is 32.6. The Morgan fingerprint density at radius 1 is 1.04 bits per heavy atom. The Labute approximate surface area is 155 Å². The standard InChI is InChI=1S/C20H20F2N2OS/c1-13(2)19-20(26-17-9-15(21)8-16(22)10-17)24-18(23-19)12-25-11-14-6-4-3-5-7-14/h3-10,13H,11-12H2,1-2H3,(H,23,24). The molecule has 2 aromatic carbocycles. The molecule has 0 fully saturated rings. The van der Waals surface area contributed by atoms with Crippen molar-refractivity contribution in [2.45, 2.75) is 42.9 Å². The summed E-state index contributed by atoms with van der Waals surface area (Å²) in [5.74, 6) is -0.295. The van der Waals surface area contributed by atoms with Crippen LogP contribution < -0.4 is 0 Å². The highest BCUT2D eigenvalue weighted by Crippen LogP contribution is 2.33. The Hall–Kier alpha value is -2.18. The van der Waals surface area contributed by atoms with Crippen LogP contribution in [0.15, 0.2) is 58.5 Å². The van der Waals surface area contributed by atoms with Crippen LogP contribution in [0.5, 0.6) is 0 Å². The molecule has 0 atom stereocenters. The Bertz CT molecular complexity index is 845. The maximum atomic E-state index is 13.4. The van der Waals surface area contributed by atoms with E-state index in [2.05, 4.69) is 9.97 Å². The van der Waals surface area contributed by atoms with Crippen LogP contribution in [0.4, 0.5) is 8.78 Å². The zero-order chi connectivity index (χ0) is 18.5. The summed E-state index contributed by atoms with van der Waals surface area (Å²) in [6, 6.07) is 13.4. The fraction of sp³-hybridized carbons (Fsp3) is 0.250. The number of rotatable bonds is 7. The highest BCUT2D eigenvalue weighted by molar-refractivity contribution is 7.99. The fourth-order valence-electron chi connectivity index (χ4n) is 2.50. The molecule has 3 rings (SSSR count). The molecule has 1 heterocycles. The zero-order valence-electron chi connectivity index (χ0n) is 14.6. The van der Waals surface area contributed by atoms with E-state index in [0.717, 1.165) is 17.3 Å². The van der Waals surface area contributed by atoms with Crippen molar-refractivity contribution < 1.29 is 13.5 Å². The summed E-state index contributed by atoms with van der Waals surface area (Å²) in [6.07, 6.45) is 0. The van der Waals surface area contributed by atoms with E-state index in [-0.39, 0.29) is 5.92 Å². The van der Waals surface area contributed by atoms with Gasteiger partial charge in [0.1, 0.15) is 29.1 Å². The molecule has 0 bridgehead atoms. The maximum absolute atomic E-state index is 13.4. The molecule has 0 aliphatic heterocycles. The maximum Gasteiger partial charge on any atom is 0.133 e. The van der Waals surface area contributed by atoms with E-state index < -0.39 is 11.6 Å². The number of benzene rings is 2. The van der Waals surface area contributed by atoms with E-state index >= 15 is 0 Å². The van der Waals surface area contributed by atoms with Crippen molar-refractivity contribution in [1.29, 1.82) is 0 Å². The molecule has 0 radical (unpaired) electrons. The average Bonchev–Trinajstić information content (AvgIpc) is 2.98. The highest BCUT2D eigenvalue weighted by atomic mass is 32.2. The Kier molecular flexibility index (Phi) is 6.06. The highest BCUT2D eigenvalue weighted by Gasteiger charge is 2.15. The third kappa shape index (κ3) is 4.93. The first kappa shape index (κ1) is 18.6. The molecule has 26 heavy (non-hydrogen) atoms. The number of nitrogens with one attached hydrogen (secondary N) is 1. The topological polar surface area (TPSA) is 37.9 Å². The van der Waals surface area contributed by atoms with E-state index in [1.54, 1.807) is 0 Å². The molecule has 136 valence electrons. The van der Waals surface area contributed by atoms with Crippen LogP contribution in [0.1, 0.15) is 36.8 Å². The van der Waals surface area contributed by atoms with Crippen molar-refractivity contribution in [1.82, 2.24) is 9.97 Å². The molecule has 0 unspecified atom stereocenters. The lowest BCUT2D eigenvalue weighted by molar-refractivity contribution is 0.102. The molecular weight excluding hydrogens is 354 g/mol. The quantitative estimate of drug-likeness (QED) is 0.578. The molecule has 0 amide bonds. The fourth-order valence-corrected chi connectivity index (χ4v) is 3.61. The molecule has 6 heteroatoms. The van der Waals surface area contributed by atoms with Crippen molar-refractivity contribution in [2.75, 3.05) is 0 Å². The van der Waals surface area contributed by atoms with Crippen LogP contribution in [0.3, 0.4) is 0 Å². The second-order valence-electron chi connectivity index (χ2n) is 6.24. The number of imidazole rings is 1. The minimum absolute atomic E-state index is 0.200. The third-order valence-corrected chi connectivity index (χ3v) is 4.70. The van der Waals surface area contributed by atoms with Crippen LogP contribution in [-0.2, 0) is 18.0 Å². The minimum Gasteiger partial charge on any atom is -0.369 e. The molecule has 0 aliphatic carbocycles. The van der Waals surface area contributed by atoms with Gasteiger partial charge >= 0.3 is 0 Å². The molecule has 1 N–H and O–H groups in total. The summed E-state index contributed by atoms with van der Waals surface area (Å²) in [6.45, 7) is 4.92. The van der Waals surface area contributed by atoms with Gasteiger partial charge < -0.3 is 9.72 Å². The summed E-state index contributed by atoms with van der Waals surface area (Å²) in [4.78, 5) is 8.31. The Morgan fingerprint density at radius 2 is 1.73 bits per heavy atom. The van der Waals surface area contributed by atoms with E-state index in [9.17, 15) is 8.78 Å². The SMILES string of the molecule is CC(C)c1[nH]c(COCc2ccccc2)nc1Sc1cc(F)cc(F)c1. The van der Waals surface area contributed by atoms with Gasteiger partial charge in [0.15, 0.2) is 0 Å². The van der Waals surface area contributed by atoms with Gasteiger partial charge in [0, 0.05) is 11.0 Å². The van der Waals surface area contributed by atoms with Gasteiger partial charge in [0.2, 0.25) is 0 Å². The molecule has 3 aromatic rings.